The lowest BCUT2D eigenvalue weighted by Crippen LogP contribution is -2.00. The Hall–Kier alpha value is -1.68. The molecule has 0 spiro atoms. The van der Waals surface area contributed by atoms with Gasteiger partial charge >= 0.3 is 0 Å². The Balaban J connectivity index is 2.82. The first kappa shape index (κ1) is 12.8. The lowest BCUT2D eigenvalue weighted by molar-refractivity contribution is 1.13. The third-order valence-corrected chi connectivity index (χ3v) is 3.59. The minimum atomic E-state index is 0.419. The molecule has 3 nitrogen and oxygen atoms in total. The molecular formula is C14H17N3S. The average molecular weight is 259 g/mol. The maximum atomic E-state index is 5.78. The summed E-state index contributed by atoms with van der Waals surface area (Å²) in [6.45, 7) is 8.46. The fourth-order valence-corrected chi connectivity index (χ4v) is 2.45. The van der Waals surface area contributed by atoms with Crippen LogP contribution in [0.2, 0.25) is 0 Å². The molecule has 0 aliphatic rings. The summed E-state index contributed by atoms with van der Waals surface area (Å²) < 4.78 is 0.419. The van der Waals surface area contributed by atoms with Crippen molar-refractivity contribution < 1.29 is 0 Å². The Morgan fingerprint density at radius 2 is 1.61 bits per heavy atom. The van der Waals surface area contributed by atoms with E-state index in [1.807, 2.05) is 6.07 Å². The smallest absolute Gasteiger partial charge is 0.199 e. The zero-order chi connectivity index (χ0) is 13.4. The summed E-state index contributed by atoms with van der Waals surface area (Å²) in [6.07, 6.45) is 0. The average Bonchev–Trinajstić information content (AvgIpc) is 2.25. The monoisotopic (exact) mass is 259 g/mol. The van der Waals surface area contributed by atoms with Crippen molar-refractivity contribution in [3.63, 3.8) is 0 Å². The number of hydrogen-bond donors (Lipinski definition) is 2. The van der Waals surface area contributed by atoms with E-state index in [0.29, 0.717) is 10.6 Å². The van der Waals surface area contributed by atoms with Gasteiger partial charge in [0.1, 0.15) is 5.82 Å². The molecule has 0 bridgehead atoms. The molecule has 0 saturated heterocycles. The molecule has 3 N–H and O–H groups in total. The number of nitrogen functional groups attached to an aromatic ring is 1. The third-order valence-electron chi connectivity index (χ3n) is 3.40. The van der Waals surface area contributed by atoms with Crippen LogP contribution in [0.5, 0.6) is 0 Å². The molecule has 1 aromatic carbocycles. The number of rotatable bonds is 1. The Labute approximate surface area is 112 Å². The fourth-order valence-electron chi connectivity index (χ4n) is 2.23. The molecule has 0 fully saturated rings. The lowest BCUT2D eigenvalue weighted by Gasteiger charge is -2.15. The van der Waals surface area contributed by atoms with Crippen molar-refractivity contribution in [2.24, 2.45) is 0 Å². The predicted octanol–water partition coefficient (Wildman–Crippen LogP) is 3.62. The van der Waals surface area contributed by atoms with Crippen molar-refractivity contribution in [3.05, 3.63) is 39.2 Å². The molecule has 0 radical (unpaired) electrons. The van der Waals surface area contributed by atoms with Crippen molar-refractivity contribution in [2.45, 2.75) is 27.7 Å². The summed E-state index contributed by atoms with van der Waals surface area (Å²) in [4.78, 5) is 7.13. The van der Waals surface area contributed by atoms with Crippen LogP contribution >= 0.6 is 12.2 Å². The number of aryl methyl sites for hydroxylation is 2. The predicted molar refractivity (Wildman–Crippen MR) is 78.2 cm³/mol. The van der Waals surface area contributed by atoms with E-state index in [4.69, 9.17) is 18.0 Å². The summed E-state index contributed by atoms with van der Waals surface area (Å²) in [6, 6.07) is 4.04. The molecule has 0 saturated carbocycles. The van der Waals surface area contributed by atoms with Gasteiger partial charge in [0.25, 0.3) is 0 Å². The maximum absolute atomic E-state index is 5.78. The topological polar surface area (TPSA) is 54.7 Å². The SMILES string of the molecule is Cc1cc(C)c(C)c(-c2cc(N)nc(=S)[nH]2)c1C. The number of nitrogens with one attached hydrogen (secondary N) is 1. The quantitative estimate of drug-likeness (QED) is 0.769. The number of hydrogen-bond acceptors (Lipinski definition) is 3. The molecule has 1 heterocycles. The van der Waals surface area contributed by atoms with Gasteiger partial charge in [0, 0.05) is 11.6 Å². The normalized spacial score (nSPS) is 10.7. The number of anilines is 1. The highest BCUT2D eigenvalue weighted by Crippen LogP contribution is 2.30. The second-order valence-corrected chi connectivity index (χ2v) is 5.05. The number of nitrogens with two attached hydrogens (primary N) is 1. The summed E-state index contributed by atoms with van der Waals surface area (Å²) >= 11 is 5.09. The Morgan fingerprint density at radius 3 is 2.11 bits per heavy atom. The van der Waals surface area contributed by atoms with Crippen LogP contribution < -0.4 is 5.73 Å². The van der Waals surface area contributed by atoms with Crippen molar-refractivity contribution in [1.82, 2.24) is 9.97 Å². The molecule has 94 valence electrons. The number of aromatic nitrogens is 2. The molecule has 4 heteroatoms. The number of nitrogens with zero attached hydrogens (tertiary/aromatic N) is 1. The number of H-pyrrole nitrogens is 1. The first-order valence-corrected chi connectivity index (χ1v) is 6.25. The summed E-state index contributed by atoms with van der Waals surface area (Å²) in [7, 11) is 0. The van der Waals surface area contributed by atoms with E-state index in [9.17, 15) is 0 Å². The highest BCUT2D eigenvalue weighted by atomic mass is 32.1. The summed E-state index contributed by atoms with van der Waals surface area (Å²) in [5, 5.41) is 0. The molecule has 0 atom stereocenters. The van der Waals surface area contributed by atoms with Crippen LogP contribution in [-0.2, 0) is 0 Å². The largest absolute Gasteiger partial charge is 0.384 e. The second kappa shape index (κ2) is 4.53. The van der Waals surface area contributed by atoms with Crippen LogP contribution in [0.4, 0.5) is 5.82 Å². The lowest BCUT2D eigenvalue weighted by atomic mass is 9.92. The molecule has 18 heavy (non-hydrogen) atoms. The van der Waals surface area contributed by atoms with Crippen molar-refractivity contribution >= 4 is 18.0 Å². The second-order valence-electron chi connectivity index (χ2n) is 4.66. The van der Waals surface area contributed by atoms with Gasteiger partial charge in [-0.05, 0) is 62.2 Å². The van der Waals surface area contributed by atoms with Crippen LogP contribution in [0.3, 0.4) is 0 Å². The highest BCUT2D eigenvalue weighted by molar-refractivity contribution is 7.71. The van der Waals surface area contributed by atoms with Gasteiger partial charge in [-0.3, -0.25) is 0 Å². The first-order chi connectivity index (χ1) is 8.40. The van der Waals surface area contributed by atoms with E-state index < -0.39 is 0 Å². The van der Waals surface area contributed by atoms with Crippen LogP contribution in [0.15, 0.2) is 12.1 Å². The summed E-state index contributed by atoms with van der Waals surface area (Å²) in [5.41, 5.74) is 12.9. The van der Waals surface area contributed by atoms with E-state index in [1.54, 1.807) is 0 Å². The third kappa shape index (κ3) is 2.16. The number of aromatic amines is 1. The molecule has 0 aliphatic carbocycles. The van der Waals surface area contributed by atoms with E-state index in [2.05, 4.69) is 43.7 Å². The minimum Gasteiger partial charge on any atom is -0.384 e. The van der Waals surface area contributed by atoms with Gasteiger partial charge in [0.05, 0.1) is 5.69 Å². The van der Waals surface area contributed by atoms with Crippen molar-refractivity contribution in [2.75, 3.05) is 5.73 Å². The molecular weight excluding hydrogens is 242 g/mol. The molecule has 1 aromatic heterocycles. The molecule has 0 amide bonds. The molecule has 0 aliphatic heterocycles. The van der Waals surface area contributed by atoms with Gasteiger partial charge < -0.3 is 10.7 Å². The molecule has 0 unspecified atom stereocenters. The van der Waals surface area contributed by atoms with Crippen LogP contribution in [0, 0.1) is 32.5 Å². The zero-order valence-electron chi connectivity index (χ0n) is 11.1. The van der Waals surface area contributed by atoms with Gasteiger partial charge in [0.2, 0.25) is 0 Å². The van der Waals surface area contributed by atoms with Crippen molar-refractivity contribution in [1.29, 1.82) is 0 Å². The Bertz CT molecular complexity index is 645. The Morgan fingerprint density at radius 1 is 1.06 bits per heavy atom. The van der Waals surface area contributed by atoms with E-state index in [1.165, 1.54) is 27.8 Å². The summed E-state index contributed by atoms with van der Waals surface area (Å²) in [5.74, 6) is 0.451. The van der Waals surface area contributed by atoms with Crippen molar-refractivity contribution in [3.8, 4) is 11.3 Å². The van der Waals surface area contributed by atoms with Crippen LogP contribution in [0.1, 0.15) is 22.3 Å². The van der Waals surface area contributed by atoms with Gasteiger partial charge in [-0.1, -0.05) is 6.07 Å². The van der Waals surface area contributed by atoms with E-state index in [-0.39, 0.29) is 0 Å². The fraction of sp³-hybridized carbons (Fsp3) is 0.286. The van der Waals surface area contributed by atoms with Crippen LogP contribution in [0.25, 0.3) is 11.3 Å². The maximum Gasteiger partial charge on any atom is 0.199 e. The number of benzene rings is 1. The van der Waals surface area contributed by atoms with Crippen LogP contribution in [-0.4, -0.2) is 9.97 Å². The minimum absolute atomic E-state index is 0.419. The molecule has 2 aromatic rings. The first-order valence-electron chi connectivity index (χ1n) is 5.84. The van der Waals surface area contributed by atoms with Gasteiger partial charge in [-0.2, -0.15) is 0 Å². The van der Waals surface area contributed by atoms with Gasteiger partial charge in [-0.15, -0.1) is 0 Å². The Kier molecular flexibility index (Phi) is 3.22. The van der Waals surface area contributed by atoms with Gasteiger partial charge in [0.15, 0.2) is 4.77 Å². The molecule has 2 rings (SSSR count). The van der Waals surface area contributed by atoms with E-state index >= 15 is 0 Å². The van der Waals surface area contributed by atoms with E-state index in [0.717, 1.165) is 5.69 Å². The zero-order valence-corrected chi connectivity index (χ0v) is 11.9. The highest BCUT2D eigenvalue weighted by Gasteiger charge is 2.11. The van der Waals surface area contributed by atoms with Gasteiger partial charge in [-0.25, -0.2) is 4.98 Å². The standard InChI is InChI=1S/C14H17N3S/c1-7-5-8(2)10(4)13(9(7)3)11-6-12(15)17-14(18)16-11/h5-6H,1-4H3,(H3,15,16,17,18).